The van der Waals surface area contributed by atoms with Crippen molar-refractivity contribution in [3.05, 3.63) is 0 Å². The Balaban J connectivity index is 1.98. The normalized spacial score (nSPS) is 25.6. The second kappa shape index (κ2) is 3.84. The summed E-state index contributed by atoms with van der Waals surface area (Å²) in [5, 5.41) is 5.50. The number of likely N-dealkylation sites (tertiary alicyclic amines) is 1. The number of alkyl halides is 2. The Bertz CT molecular complexity index is 292. The maximum atomic E-state index is 13.7. The molecule has 0 aromatic heterocycles. The lowest BCUT2D eigenvalue weighted by molar-refractivity contribution is -0.108. The molecule has 0 aromatic carbocycles. The van der Waals surface area contributed by atoms with Crippen molar-refractivity contribution < 1.29 is 13.6 Å². The van der Waals surface area contributed by atoms with Gasteiger partial charge in [-0.15, -0.1) is 0 Å². The predicted molar refractivity (Wildman–Crippen MR) is 55.5 cm³/mol. The maximum absolute atomic E-state index is 13.7. The van der Waals surface area contributed by atoms with Crippen LogP contribution in [-0.4, -0.2) is 49.6 Å². The summed E-state index contributed by atoms with van der Waals surface area (Å²) in [4.78, 5) is 12.8. The molecule has 6 heteroatoms. The largest absolute Gasteiger partial charge is 0.338 e. The Labute approximate surface area is 93.4 Å². The van der Waals surface area contributed by atoms with E-state index in [4.69, 9.17) is 0 Å². The average Bonchev–Trinajstić information content (AvgIpc) is 2.45. The van der Waals surface area contributed by atoms with Crippen LogP contribution in [0.4, 0.5) is 13.6 Å². The van der Waals surface area contributed by atoms with Crippen molar-refractivity contribution in [2.24, 2.45) is 5.41 Å². The van der Waals surface area contributed by atoms with Gasteiger partial charge < -0.3 is 15.5 Å². The van der Waals surface area contributed by atoms with E-state index < -0.39 is 17.9 Å². The highest BCUT2D eigenvalue weighted by Crippen LogP contribution is 2.46. The fourth-order valence-corrected chi connectivity index (χ4v) is 2.23. The first-order chi connectivity index (χ1) is 7.51. The number of carbonyl (C=O) groups excluding carboxylic acids is 1. The smallest absolute Gasteiger partial charge is 0.317 e. The Morgan fingerprint density at radius 2 is 2.12 bits per heavy atom. The topological polar surface area (TPSA) is 44.4 Å². The lowest BCUT2D eigenvalue weighted by Crippen LogP contribution is -2.62. The molecular formula is C10H17F2N3O. The highest BCUT2D eigenvalue weighted by Gasteiger charge is 2.63. The summed E-state index contributed by atoms with van der Waals surface area (Å²) in [6, 6.07) is -0.370. The minimum absolute atomic E-state index is 0.155. The van der Waals surface area contributed by atoms with Crippen LogP contribution in [0.1, 0.15) is 13.3 Å². The molecule has 16 heavy (non-hydrogen) atoms. The fraction of sp³-hybridized carbons (Fsp3) is 0.900. The Morgan fingerprint density at radius 3 is 2.56 bits per heavy atom. The van der Waals surface area contributed by atoms with Crippen molar-refractivity contribution >= 4 is 6.03 Å². The minimum atomic E-state index is -2.76. The molecule has 0 aromatic rings. The molecule has 0 radical (unpaired) electrons. The van der Waals surface area contributed by atoms with Crippen LogP contribution < -0.4 is 10.6 Å². The summed E-state index contributed by atoms with van der Waals surface area (Å²) in [7, 11) is 0. The van der Waals surface area contributed by atoms with Crippen LogP contribution >= 0.6 is 0 Å². The van der Waals surface area contributed by atoms with Crippen LogP contribution in [0, 0.1) is 5.41 Å². The van der Waals surface area contributed by atoms with Gasteiger partial charge in [-0.25, -0.2) is 13.6 Å². The Hall–Kier alpha value is -0.910. The number of nitrogens with one attached hydrogen (secondary N) is 2. The lowest BCUT2D eigenvalue weighted by atomic mass is 9.78. The van der Waals surface area contributed by atoms with Crippen LogP contribution in [-0.2, 0) is 0 Å². The summed E-state index contributed by atoms with van der Waals surface area (Å²) in [5.41, 5.74) is -1.02. The van der Waals surface area contributed by atoms with Crippen LogP contribution in [0.5, 0.6) is 0 Å². The van der Waals surface area contributed by atoms with Gasteiger partial charge in [0.15, 0.2) is 0 Å². The van der Waals surface area contributed by atoms with E-state index in [-0.39, 0.29) is 12.6 Å². The molecule has 0 aliphatic carbocycles. The van der Waals surface area contributed by atoms with E-state index in [1.54, 1.807) is 0 Å². The molecule has 1 spiro atoms. The van der Waals surface area contributed by atoms with Gasteiger partial charge in [0, 0.05) is 26.2 Å². The lowest BCUT2D eigenvalue weighted by Gasteiger charge is -2.42. The zero-order chi connectivity index (χ0) is 11.8. The molecule has 0 atom stereocenters. The second-order valence-corrected chi connectivity index (χ2v) is 4.68. The highest BCUT2D eigenvalue weighted by atomic mass is 19.3. The second-order valence-electron chi connectivity index (χ2n) is 4.68. The quantitative estimate of drug-likeness (QED) is 0.735. The molecule has 2 rings (SSSR count). The molecular weight excluding hydrogens is 216 g/mol. The molecule has 2 amide bonds. The summed E-state index contributed by atoms with van der Waals surface area (Å²) in [6.07, 6.45) is 0.808. The molecule has 2 N–H and O–H groups in total. The SMILES string of the molecule is CCCNC(=O)N1CC(F)(F)C2(CNC2)C1. The van der Waals surface area contributed by atoms with Crippen molar-refractivity contribution in [1.82, 2.24) is 15.5 Å². The first-order valence-electron chi connectivity index (χ1n) is 5.62. The van der Waals surface area contributed by atoms with Crippen molar-refractivity contribution in [2.75, 3.05) is 32.7 Å². The molecule has 2 heterocycles. The Kier molecular flexibility index (Phi) is 2.77. The summed E-state index contributed by atoms with van der Waals surface area (Å²) >= 11 is 0. The zero-order valence-electron chi connectivity index (χ0n) is 9.35. The third-order valence-corrected chi connectivity index (χ3v) is 3.40. The molecule has 4 nitrogen and oxygen atoms in total. The van der Waals surface area contributed by atoms with Gasteiger partial charge >= 0.3 is 6.03 Å². The standard InChI is InChI=1S/C10H17F2N3O/c1-2-3-14-8(16)15-6-9(4-13-5-9)10(11,12)7-15/h13H,2-7H2,1H3,(H,14,16). The van der Waals surface area contributed by atoms with Crippen LogP contribution in [0.25, 0.3) is 0 Å². The van der Waals surface area contributed by atoms with Gasteiger partial charge in [0.25, 0.3) is 5.92 Å². The molecule has 2 aliphatic heterocycles. The van der Waals surface area contributed by atoms with E-state index >= 15 is 0 Å². The predicted octanol–water partition coefficient (Wildman–Crippen LogP) is 0.646. The van der Waals surface area contributed by atoms with E-state index in [1.807, 2.05) is 6.92 Å². The number of nitrogens with zero attached hydrogens (tertiary/aromatic N) is 1. The van der Waals surface area contributed by atoms with Crippen molar-refractivity contribution in [2.45, 2.75) is 19.3 Å². The Morgan fingerprint density at radius 1 is 1.44 bits per heavy atom. The van der Waals surface area contributed by atoms with Gasteiger partial charge in [0.1, 0.15) is 0 Å². The van der Waals surface area contributed by atoms with Gasteiger partial charge in [-0.3, -0.25) is 0 Å². The van der Waals surface area contributed by atoms with Gasteiger partial charge in [0.05, 0.1) is 12.0 Å². The third-order valence-electron chi connectivity index (χ3n) is 3.40. The van der Waals surface area contributed by atoms with Crippen molar-refractivity contribution in [3.63, 3.8) is 0 Å². The monoisotopic (exact) mass is 233 g/mol. The van der Waals surface area contributed by atoms with Crippen LogP contribution in [0.2, 0.25) is 0 Å². The van der Waals surface area contributed by atoms with Crippen molar-refractivity contribution in [3.8, 4) is 0 Å². The maximum Gasteiger partial charge on any atom is 0.317 e. The van der Waals surface area contributed by atoms with Gasteiger partial charge in [-0.1, -0.05) is 6.92 Å². The van der Waals surface area contributed by atoms with Crippen LogP contribution in [0.15, 0.2) is 0 Å². The third kappa shape index (κ3) is 1.65. The average molecular weight is 233 g/mol. The summed E-state index contributed by atoms with van der Waals surface area (Å²) in [5.74, 6) is -2.76. The summed E-state index contributed by atoms with van der Waals surface area (Å²) in [6.45, 7) is 2.77. The summed E-state index contributed by atoms with van der Waals surface area (Å²) < 4.78 is 27.4. The first-order valence-corrected chi connectivity index (χ1v) is 5.62. The number of urea groups is 1. The number of rotatable bonds is 2. The fourth-order valence-electron chi connectivity index (χ4n) is 2.23. The van der Waals surface area contributed by atoms with Crippen LogP contribution in [0.3, 0.4) is 0 Å². The first kappa shape index (κ1) is 11.6. The highest BCUT2D eigenvalue weighted by molar-refractivity contribution is 5.74. The number of carbonyl (C=O) groups is 1. The zero-order valence-corrected chi connectivity index (χ0v) is 9.35. The van der Waals surface area contributed by atoms with E-state index in [0.29, 0.717) is 19.6 Å². The molecule has 0 bridgehead atoms. The molecule has 0 saturated carbocycles. The molecule has 0 unspecified atom stereocenters. The molecule has 92 valence electrons. The van der Waals surface area contributed by atoms with E-state index in [9.17, 15) is 13.6 Å². The number of amides is 2. The molecule has 2 aliphatic rings. The van der Waals surface area contributed by atoms with Crippen molar-refractivity contribution in [1.29, 1.82) is 0 Å². The molecule has 2 saturated heterocycles. The van der Waals surface area contributed by atoms with Gasteiger partial charge in [0.2, 0.25) is 0 Å². The number of hydrogen-bond acceptors (Lipinski definition) is 2. The van der Waals surface area contributed by atoms with Gasteiger partial charge in [-0.05, 0) is 6.42 Å². The number of halogens is 2. The number of hydrogen-bond donors (Lipinski definition) is 2. The van der Waals surface area contributed by atoms with Gasteiger partial charge in [-0.2, -0.15) is 0 Å². The molecule has 2 fully saturated rings. The van der Waals surface area contributed by atoms with E-state index in [0.717, 1.165) is 6.42 Å². The van der Waals surface area contributed by atoms with E-state index in [2.05, 4.69) is 10.6 Å². The van der Waals surface area contributed by atoms with E-state index in [1.165, 1.54) is 4.90 Å². The minimum Gasteiger partial charge on any atom is -0.338 e.